The lowest BCUT2D eigenvalue weighted by molar-refractivity contribution is -0.384. The smallest absolute Gasteiger partial charge is 0.325 e. The zero-order valence-corrected chi connectivity index (χ0v) is 10.0. The minimum absolute atomic E-state index is 0.153. The van der Waals surface area contributed by atoms with Crippen molar-refractivity contribution < 1.29 is 23.6 Å². The number of carbonyl (C=O) groups is 2. The van der Waals surface area contributed by atoms with Crippen LogP contribution < -0.4 is 5.32 Å². The highest BCUT2D eigenvalue weighted by Gasteiger charge is 2.17. The third-order valence-electron chi connectivity index (χ3n) is 2.10. The normalized spacial score (nSPS) is 9.79. The summed E-state index contributed by atoms with van der Waals surface area (Å²) in [5.41, 5.74) is -0.916. The van der Waals surface area contributed by atoms with Crippen molar-refractivity contribution in [2.45, 2.75) is 6.92 Å². The van der Waals surface area contributed by atoms with Gasteiger partial charge in [0.2, 0.25) is 0 Å². The first-order valence-electron chi connectivity index (χ1n) is 5.33. The van der Waals surface area contributed by atoms with Crippen molar-refractivity contribution in [3.05, 3.63) is 39.7 Å². The molecule has 0 spiro atoms. The zero-order chi connectivity index (χ0) is 14.4. The quantitative estimate of drug-likeness (QED) is 0.489. The fourth-order valence-electron chi connectivity index (χ4n) is 1.26. The molecular formula is C11H11FN2O5. The third-order valence-corrected chi connectivity index (χ3v) is 2.10. The summed E-state index contributed by atoms with van der Waals surface area (Å²) in [5, 5.41) is 12.6. The molecule has 1 aromatic rings. The van der Waals surface area contributed by atoms with Crippen molar-refractivity contribution in [2.24, 2.45) is 0 Å². The van der Waals surface area contributed by atoms with E-state index in [1.165, 1.54) is 0 Å². The molecule has 0 aliphatic heterocycles. The Morgan fingerprint density at radius 1 is 1.47 bits per heavy atom. The first-order valence-corrected chi connectivity index (χ1v) is 5.33. The Balaban J connectivity index is 2.79. The summed E-state index contributed by atoms with van der Waals surface area (Å²) in [4.78, 5) is 32.3. The Bertz CT molecular complexity index is 518. The van der Waals surface area contributed by atoms with Crippen LogP contribution in [0.1, 0.15) is 17.3 Å². The average molecular weight is 270 g/mol. The highest BCUT2D eigenvalue weighted by atomic mass is 19.1. The summed E-state index contributed by atoms with van der Waals surface area (Å²) in [6.45, 7) is 1.31. The van der Waals surface area contributed by atoms with E-state index in [4.69, 9.17) is 0 Å². The van der Waals surface area contributed by atoms with Crippen LogP contribution >= 0.6 is 0 Å². The van der Waals surface area contributed by atoms with Gasteiger partial charge < -0.3 is 10.1 Å². The van der Waals surface area contributed by atoms with Crippen molar-refractivity contribution in [1.29, 1.82) is 0 Å². The number of halogens is 1. The average Bonchev–Trinajstić information content (AvgIpc) is 2.36. The molecule has 19 heavy (non-hydrogen) atoms. The molecule has 0 aliphatic carbocycles. The lowest BCUT2D eigenvalue weighted by Gasteiger charge is -2.05. The molecular weight excluding hydrogens is 259 g/mol. The molecule has 0 radical (unpaired) electrons. The molecule has 0 saturated carbocycles. The summed E-state index contributed by atoms with van der Waals surface area (Å²) in [6.07, 6.45) is 0. The number of carbonyl (C=O) groups excluding carboxylic acids is 2. The second-order valence-electron chi connectivity index (χ2n) is 3.41. The van der Waals surface area contributed by atoms with E-state index in [-0.39, 0.29) is 6.61 Å². The number of nitrogens with zero attached hydrogens (tertiary/aromatic N) is 1. The summed E-state index contributed by atoms with van der Waals surface area (Å²) in [7, 11) is 0. The predicted octanol–water partition coefficient (Wildman–Crippen LogP) is 1.03. The fraction of sp³-hybridized carbons (Fsp3) is 0.273. The molecule has 1 rings (SSSR count). The van der Waals surface area contributed by atoms with Gasteiger partial charge in [-0.15, -0.1) is 0 Å². The predicted molar refractivity (Wildman–Crippen MR) is 62.0 cm³/mol. The molecule has 1 N–H and O–H groups in total. The molecule has 1 amide bonds. The topological polar surface area (TPSA) is 98.5 Å². The highest BCUT2D eigenvalue weighted by molar-refractivity contribution is 5.96. The van der Waals surface area contributed by atoms with Crippen molar-refractivity contribution in [3.8, 4) is 0 Å². The van der Waals surface area contributed by atoms with Crippen LogP contribution in [0.3, 0.4) is 0 Å². The maximum absolute atomic E-state index is 13.4. The van der Waals surface area contributed by atoms with Crippen molar-refractivity contribution in [3.63, 3.8) is 0 Å². The van der Waals surface area contributed by atoms with E-state index in [0.29, 0.717) is 0 Å². The molecule has 0 heterocycles. The number of amides is 1. The SMILES string of the molecule is CCOC(=O)CNC(=O)c1cc([N+](=O)[O-])ccc1F. The Morgan fingerprint density at radius 2 is 2.16 bits per heavy atom. The van der Waals surface area contributed by atoms with Crippen LogP contribution in [0.15, 0.2) is 18.2 Å². The maximum Gasteiger partial charge on any atom is 0.325 e. The number of ether oxygens (including phenoxy) is 1. The van der Waals surface area contributed by atoms with Crippen LogP contribution in [0.2, 0.25) is 0 Å². The molecule has 0 atom stereocenters. The molecule has 102 valence electrons. The molecule has 0 saturated heterocycles. The number of nitro groups is 1. The van der Waals surface area contributed by atoms with Crippen molar-refractivity contribution in [2.75, 3.05) is 13.2 Å². The van der Waals surface area contributed by atoms with E-state index in [2.05, 4.69) is 10.1 Å². The standard InChI is InChI=1S/C11H11FN2O5/c1-2-19-10(15)6-13-11(16)8-5-7(14(17)18)3-4-9(8)12/h3-5H,2,6H2,1H3,(H,13,16). The molecule has 7 nitrogen and oxygen atoms in total. The van der Waals surface area contributed by atoms with E-state index in [1.807, 2.05) is 0 Å². The lowest BCUT2D eigenvalue weighted by Crippen LogP contribution is -2.31. The van der Waals surface area contributed by atoms with E-state index < -0.39 is 40.4 Å². The van der Waals surface area contributed by atoms with Gasteiger partial charge in [-0.25, -0.2) is 4.39 Å². The fourth-order valence-corrected chi connectivity index (χ4v) is 1.26. The van der Waals surface area contributed by atoms with Crippen molar-refractivity contribution in [1.82, 2.24) is 5.32 Å². The summed E-state index contributed by atoms with van der Waals surface area (Å²) < 4.78 is 17.9. The second kappa shape index (κ2) is 6.43. The van der Waals surface area contributed by atoms with E-state index in [0.717, 1.165) is 18.2 Å². The van der Waals surface area contributed by atoms with Gasteiger partial charge >= 0.3 is 5.97 Å². The van der Waals surface area contributed by atoms with Gasteiger partial charge in [-0.3, -0.25) is 19.7 Å². The molecule has 0 aliphatic rings. The number of esters is 1. The number of nitro benzene ring substituents is 1. The van der Waals surface area contributed by atoms with Gasteiger partial charge in [0.25, 0.3) is 11.6 Å². The first kappa shape index (κ1) is 14.6. The van der Waals surface area contributed by atoms with Crippen LogP contribution in [-0.4, -0.2) is 30.0 Å². The minimum atomic E-state index is -0.922. The van der Waals surface area contributed by atoms with E-state index in [9.17, 15) is 24.1 Å². The molecule has 8 heteroatoms. The van der Waals surface area contributed by atoms with Crippen LogP contribution in [-0.2, 0) is 9.53 Å². The van der Waals surface area contributed by atoms with Gasteiger partial charge in [0.15, 0.2) is 0 Å². The van der Waals surface area contributed by atoms with Gasteiger partial charge in [0, 0.05) is 12.1 Å². The molecule has 0 unspecified atom stereocenters. The maximum atomic E-state index is 13.4. The number of benzene rings is 1. The van der Waals surface area contributed by atoms with Gasteiger partial charge in [-0.05, 0) is 13.0 Å². The molecule has 0 bridgehead atoms. The Morgan fingerprint density at radius 3 is 2.74 bits per heavy atom. The monoisotopic (exact) mass is 270 g/mol. The number of hydrogen-bond donors (Lipinski definition) is 1. The molecule has 1 aromatic carbocycles. The van der Waals surface area contributed by atoms with Gasteiger partial charge in [0.05, 0.1) is 17.1 Å². The van der Waals surface area contributed by atoms with Crippen LogP contribution in [0, 0.1) is 15.9 Å². The van der Waals surface area contributed by atoms with Crippen molar-refractivity contribution >= 4 is 17.6 Å². The summed E-state index contributed by atoms with van der Waals surface area (Å²) >= 11 is 0. The molecule has 0 aromatic heterocycles. The van der Waals surface area contributed by atoms with Gasteiger partial charge in [-0.2, -0.15) is 0 Å². The minimum Gasteiger partial charge on any atom is -0.465 e. The highest BCUT2D eigenvalue weighted by Crippen LogP contribution is 2.16. The van der Waals surface area contributed by atoms with Gasteiger partial charge in [-0.1, -0.05) is 0 Å². The zero-order valence-electron chi connectivity index (χ0n) is 10.0. The number of rotatable bonds is 5. The summed E-state index contributed by atoms with van der Waals surface area (Å²) in [5.74, 6) is -2.51. The van der Waals surface area contributed by atoms with E-state index in [1.54, 1.807) is 6.92 Å². The number of hydrogen-bond acceptors (Lipinski definition) is 5. The number of non-ortho nitro benzene ring substituents is 1. The first-order chi connectivity index (χ1) is 8.95. The van der Waals surface area contributed by atoms with Crippen LogP contribution in [0.5, 0.6) is 0 Å². The summed E-state index contributed by atoms with van der Waals surface area (Å²) in [6, 6.07) is 2.56. The Labute approximate surface area is 107 Å². The Kier molecular flexibility index (Phi) is 4.92. The largest absolute Gasteiger partial charge is 0.465 e. The lowest BCUT2D eigenvalue weighted by atomic mass is 10.1. The Hall–Kier alpha value is -2.51. The third kappa shape index (κ3) is 4.02. The second-order valence-corrected chi connectivity index (χ2v) is 3.41. The number of nitrogens with one attached hydrogen (secondary N) is 1. The van der Waals surface area contributed by atoms with Crippen LogP contribution in [0.25, 0.3) is 0 Å². The van der Waals surface area contributed by atoms with Crippen LogP contribution in [0.4, 0.5) is 10.1 Å². The molecule has 0 fully saturated rings. The van der Waals surface area contributed by atoms with Gasteiger partial charge in [0.1, 0.15) is 12.4 Å². The van der Waals surface area contributed by atoms with E-state index >= 15 is 0 Å².